The van der Waals surface area contributed by atoms with Gasteiger partial charge in [0.05, 0.1) is 11.3 Å². The van der Waals surface area contributed by atoms with E-state index in [0.717, 1.165) is 31.2 Å². The number of hydrogen-bond donors (Lipinski definition) is 2. The van der Waals surface area contributed by atoms with Gasteiger partial charge >= 0.3 is 5.97 Å². The van der Waals surface area contributed by atoms with Gasteiger partial charge in [0.2, 0.25) is 0 Å². The number of nitrogens with one attached hydrogen (secondary N) is 1. The molecule has 3 aromatic rings. The number of hydrogen-bond acceptors (Lipinski definition) is 3. The van der Waals surface area contributed by atoms with E-state index in [1.165, 1.54) is 97.7 Å². The zero-order valence-electron chi connectivity index (χ0n) is 22.1. The lowest BCUT2D eigenvalue weighted by Gasteiger charge is -2.32. The summed E-state index contributed by atoms with van der Waals surface area (Å²) in [5, 5.41) is 15.0. The molecule has 0 unspecified atom stereocenters. The van der Waals surface area contributed by atoms with Crippen molar-refractivity contribution in [1.82, 2.24) is 9.88 Å². The van der Waals surface area contributed by atoms with Crippen LogP contribution < -0.4 is 10.2 Å². The molecule has 2 saturated heterocycles. The van der Waals surface area contributed by atoms with E-state index in [1.807, 2.05) is 12.1 Å². The number of aryl methyl sites for hydroxylation is 1. The minimum atomic E-state index is -0.846. The summed E-state index contributed by atoms with van der Waals surface area (Å²) in [6, 6.07) is 13.6. The maximum Gasteiger partial charge on any atom is 0.335 e. The molecule has 7 rings (SSSR count). The fourth-order valence-corrected chi connectivity index (χ4v) is 8.08. The largest absolute Gasteiger partial charge is 0.478 e. The highest BCUT2D eigenvalue weighted by molar-refractivity contribution is 5.99. The van der Waals surface area contributed by atoms with E-state index in [9.17, 15) is 9.90 Å². The van der Waals surface area contributed by atoms with Gasteiger partial charge < -0.3 is 19.9 Å². The first kappa shape index (κ1) is 23.3. The number of benzene rings is 2. The Labute approximate surface area is 219 Å². The van der Waals surface area contributed by atoms with Crippen LogP contribution in [0.3, 0.4) is 0 Å². The third-order valence-corrected chi connectivity index (χ3v) is 10.0. The number of nitrogens with zero attached hydrogens (tertiary/aromatic N) is 2. The average molecular weight is 498 g/mol. The molecule has 0 radical (unpaired) electrons. The predicted octanol–water partition coefficient (Wildman–Crippen LogP) is 6.86. The zero-order chi connectivity index (χ0) is 25.1. The molecule has 4 aliphatic rings. The van der Waals surface area contributed by atoms with E-state index in [0.29, 0.717) is 17.0 Å². The second-order valence-electron chi connectivity index (χ2n) is 12.2. The van der Waals surface area contributed by atoms with Crippen molar-refractivity contribution in [3.05, 3.63) is 53.1 Å². The first-order valence-corrected chi connectivity index (χ1v) is 14.5. The number of aromatic carboxylic acids is 1. The minimum Gasteiger partial charge on any atom is -0.478 e. The first-order chi connectivity index (χ1) is 18.0. The number of rotatable bonds is 5. The highest BCUT2D eigenvalue weighted by Crippen LogP contribution is 2.48. The molecule has 1 aromatic heterocycles. The van der Waals surface area contributed by atoms with Crippen molar-refractivity contribution in [1.29, 1.82) is 0 Å². The van der Waals surface area contributed by atoms with Gasteiger partial charge in [-0.2, -0.15) is 0 Å². The average Bonchev–Trinajstić information content (AvgIpc) is 3.58. The van der Waals surface area contributed by atoms with E-state index < -0.39 is 5.97 Å². The number of carbonyl (C=O) groups is 1. The summed E-state index contributed by atoms with van der Waals surface area (Å²) in [6.07, 6.45) is 12.9. The number of anilines is 1. The van der Waals surface area contributed by atoms with Crippen LogP contribution in [0.5, 0.6) is 0 Å². The number of aromatic nitrogens is 1. The summed E-state index contributed by atoms with van der Waals surface area (Å²) in [5.41, 5.74) is 8.63. The molecule has 3 aliphatic heterocycles. The van der Waals surface area contributed by atoms with E-state index in [-0.39, 0.29) is 0 Å². The maximum absolute atomic E-state index is 11.9. The molecule has 0 spiro atoms. The Balaban J connectivity index is 1.36. The molecule has 5 nitrogen and oxygen atoms in total. The van der Waals surface area contributed by atoms with Crippen LogP contribution in [0.4, 0.5) is 5.69 Å². The van der Waals surface area contributed by atoms with Crippen LogP contribution in [-0.2, 0) is 6.54 Å². The summed E-state index contributed by atoms with van der Waals surface area (Å²) >= 11 is 0. The van der Waals surface area contributed by atoms with Gasteiger partial charge in [-0.25, -0.2) is 4.79 Å². The van der Waals surface area contributed by atoms with Crippen molar-refractivity contribution in [2.75, 3.05) is 18.0 Å². The van der Waals surface area contributed by atoms with Gasteiger partial charge in [0.1, 0.15) is 0 Å². The normalized spacial score (nSPS) is 25.3. The zero-order valence-corrected chi connectivity index (χ0v) is 22.1. The van der Waals surface area contributed by atoms with Gasteiger partial charge in [0.15, 0.2) is 0 Å². The molecule has 4 heterocycles. The van der Waals surface area contributed by atoms with Crippen LogP contribution in [-0.4, -0.2) is 40.3 Å². The number of fused-ring (bicyclic) bond motifs is 7. The van der Waals surface area contributed by atoms with Gasteiger partial charge in [0, 0.05) is 53.4 Å². The van der Waals surface area contributed by atoms with Gasteiger partial charge in [0.25, 0.3) is 0 Å². The number of carboxylic acid groups (broad SMARTS) is 1. The quantitative estimate of drug-likeness (QED) is 0.404. The summed E-state index contributed by atoms with van der Waals surface area (Å²) in [7, 11) is 0. The van der Waals surface area contributed by atoms with Crippen LogP contribution >= 0.6 is 0 Å². The molecule has 1 aliphatic carbocycles. The molecular weight excluding hydrogens is 458 g/mol. The lowest BCUT2D eigenvalue weighted by atomic mass is 9.81. The van der Waals surface area contributed by atoms with E-state index in [2.05, 4.69) is 46.0 Å². The molecule has 37 heavy (non-hydrogen) atoms. The summed E-state index contributed by atoms with van der Waals surface area (Å²) in [4.78, 5) is 14.6. The Bertz CT molecular complexity index is 1360. The molecule has 2 N–H and O–H groups in total. The van der Waals surface area contributed by atoms with Gasteiger partial charge in [-0.05, 0) is 87.1 Å². The molecular formula is C32H39N3O2. The molecule has 3 fully saturated rings. The third-order valence-electron chi connectivity index (χ3n) is 10.0. The van der Waals surface area contributed by atoms with Crippen LogP contribution in [0, 0.1) is 6.92 Å². The predicted molar refractivity (Wildman–Crippen MR) is 150 cm³/mol. The van der Waals surface area contributed by atoms with Crippen molar-refractivity contribution >= 4 is 22.6 Å². The standard InChI is InChI=1S/C32H39N3O2/c1-21-7-9-26-27(19-21)34(16-15-32-13-11-24(33-32)12-14-32)17-18-35-28-20-23(31(36)37)8-10-25(28)29(30(26)35)22-5-3-2-4-6-22/h7-10,19-20,22,24,33H,2-6,11-18H2,1H3,(H,36,37). The topological polar surface area (TPSA) is 57.5 Å². The van der Waals surface area contributed by atoms with Crippen molar-refractivity contribution in [3.63, 3.8) is 0 Å². The lowest BCUT2D eigenvalue weighted by molar-refractivity contribution is 0.0697. The molecule has 2 bridgehead atoms. The van der Waals surface area contributed by atoms with Crippen molar-refractivity contribution in [2.45, 2.75) is 95.2 Å². The van der Waals surface area contributed by atoms with Gasteiger partial charge in [-0.3, -0.25) is 0 Å². The second-order valence-corrected chi connectivity index (χ2v) is 12.2. The summed E-state index contributed by atoms with van der Waals surface area (Å²) in [5.74, 6) is -0.304. The molecule has 0 atom stereocenters. The van der Waals surface area contributed by atoms with E-state index in [1.54, 1.807) is 0 Å². The Morgan fingerprint density at radius 1 is 1.03 bits per heavy atom. The van der Waals surface area contributed by atoms with Crippen LogP contribution in [0.25, 0.3) is 22.2 Å². The minimum absolute atomic E-state index is 0.340. The van der Waals surface area contributed by atoms with Crippen LogP contribution in [0.15, 0.2) is 36.4 Å². The Kier molecular flexibility index (Phi) is 5.62. The van der Waals surface area contributed by atoms with Crippen molar-refractivity contribution < 1.29 is 9.90 Å². The van der Waals surface area contributed by atoms with Gasteiger partial charge in [-0.1, -0.05) is 37.5 Å². The monoisotopic (exact) mass is 497 g/mol. The molecule has 1 saturated carbocycles. The second kappa shape index (κ2) is 8.90. The highest BCUT2D eigenvalue weighted by Gasteiger charge is 2.44. The highest BCUT2D eigenvalue weighted by atomic mass is 16.4. The van der Waals surface area contributed by atoms with E-state index >= 15 is 0 Å². The lowest BCUT2D eigenvalue weighted by Crippen LogP contribution is -2.40. The molecule has 2 aromatic carbocycles. The first-order valence-electron chi connectivity index (χ1n) is 14.5. The van der Waals surface area contributed by atoms with Gasteiger partial charge in [-0.15, -0.1) is 0 Å². The summed E-state index contributed by atoms with van der Waals surface area (Å²) in [6.45, 7) is 5.11. The number of carboxylic acids is 1. The Hall–Kier alpha value is -2.79. The van der Waals surface area contributed by atoms with Crippen LogP contribution in [0.2, 0.25) is 0 Å². The fourth-order valence-electron chi connectivity index (χ4n) is 8.08. The van der Waals surface area contributed by atoms with Crippen molar-refractivity contribution in [2.24, 2.45) is 0 Å². The smallest absolute Gasteiger partial charge is 0.335 e. The molecule has 194 valence electrons. The SMILES string of the molecule is Cc1ccc2c(c1)N(CCC13CCC(CC1)N3)CCn1c-2c(C2CCCCC2)c2ccc(C(=O)O)cc21. The van der Waals surface area contributed by atoms with Crippen molar-refractivity contribution in [3.8, 4) is 11.3 Å². The maximum atomic E-state index is 11.9. The summed E-state index contributed by atoms with van der Waals surface area (Å²) < 4.78 is 2.47. The molecule has 0 amide bonds. The Morgan fingerprint density at radius 2 is 1.84 bits per heavy atom. The van der Waals surface area contributed by atoms with E-state index in [4.69, 9.17) is 0 Å². The Morgan fingerprint density at radius 3 is 2.57 bits per heavy atom. The molecule has 5 heteroatoms. The van der Waals surface area contributed by atoms with Crippen LogP contribution in [0.1, 0.15) is 91.6 Å². The third kappa shape index (κ3) is 3.89. The fraction of sp³-hybridized carbons (Fsp3) is 0.531.